The van der Waals surface area contributed by atoms with Gasteiger partial charge in [0.2, 0.25) is 11.8 Å². The van der Waals surface area contributed by atoms with E-state index in [-0.39, 0.29) is 54.9 Å². The molecule has 0 saturated carbocycles. The minimum Gasteiger partial charge on any atom is -0.445 e. The molecule has 0 aromatic carbocycles. The van der Waals surface area contributed by atoms with E-state index >= 15 is 0 Å². The average molecular weight is 378 g/mol. The molecule has 0 radical (unpaired) electrons. The normalized spacial score (nSPS) is 26.5. The third kappa shape index (κ3) is 4.29. The molecule has 0 bridgehead atoms. The summed E-state index contributed by atoms with van der Waals surface area (Å²) < 4.78 is 5.32. The van der Waals surface area contributed by atoms with Crippen LogP contribution in [0.3, 0.4) is 0 Å². The summed E-state index contributed by atoms with van der Waals surface area (Å²) in [6.45, 7) is 6.08. The molecule has 9 heteroatoms. The van der Waals surface area contributed by atoms with Crippen molar-refractivity contribution < 1.29 is 23.9 Å². The van der Waals surface area contributed by atoms with Gasteiger partial charge in [0, 0.05) is 51.5 Å². The second-order valence-electron chi connectivity index (χ2n) is 7.43. The van der Waals surface area contributed by atoms with Gasteiger partial charge in [-0.25, -0.2) is 4.98 Å². The number of carbonyl (C=O) groups is 3. The van der Waals surface area contributed by atoms with Crippen molar-refractivity contribution in [2.24, 2.45) is 5.92 Å². The molecular weight excluding hydrogens is 352 g/mol. The molecular formula is C18H26N4O5. The molecule has 27 heavy (non-hydrogen) atoms. The summed E-state index contributed by atoms with van der Waals surface area (Å²) in [6, 6.07) is -0.0476. The Morgan fingerprint density at radius 1 is 1.22 bits per heavy atom. The van der Waals surface area contributed by atoms with Gasteiger partial charge in [-0.05, 0) is 20.3 Å². The van der Waals surface area contributed by atoms with Crippen LogP contribution in [-0.4, -0.2) is 75.9 Å². The van der Waals surface area contributed by atoms with Crippen LogP contribution in [0.15, 0.2) is 4.42 Å². The van der Waals surface area contributed by atoms with Crippen LogP contribution in [0.4, 0.5) is 0 Å². The van der Waals surface area contributed by atoms with Crippen molar-refractivity contribution in [2.45, 2.75) is 45.8 Å². The van der Waals surface area contributed by atoms with Gasteiger partial charge in [-0.3, -0.25) is 14.4 Å². The molecule has 1 unspecified atom stereocenters. The lowest BCUT2D eigenvalue weighted by molar-refractivity contribution is -0.141. The largest absolute Gasteiger partial charge is 0.445 e. The second-order valence-corrected chi connectivity index (χ2v) is 7.43. The molecule has 1 aromatic heterocycles. The number of piperidine rings is 1. The highest BCUT2D eigenvalue weighted by Crippen LogP contribution is 2.21. The minimum atomic E-state index is -0.858. The van der Waals surface area contributed by atoms with E-state index < -0.39 is 6.10 Å². The van der Waals surface area contributed by atoms with Crippen LogP contribution in [0.2, 0.25) is 0 Å². The summed E-state index contributed by atoms with van der Waals surface area (Å²) in [4.78, 5) is 44.5. The van der Waals surface area contributed by atoms with Crippen molar-refractivity contribution in [1.29, 1.82) is 0 Å². The summed E-state index contributed by atoms with van der Waals surface area (Å²) in [5.41, 5.74) is 0.234. The minimum absolute atomic E-state index is 0.0476. The van der Waals surface area contributed by atoms with Gasteiger partial charge in [0.1, 0.15) is 5.76 Å². The molecule has 3 amide bonds. The van der Waals surface area contributed by atoms with Crippen LogP contribution in [0, 0.1) is 19.8 Å². The number of aliphatic hydroxyl groups excluding tert-OH is 1. The Bertz CT molecular complexity index is 746. The first kappa shape index (κ1) is 19.3. The van der Waals surface area contributed by atoms with E-state index in [1.807, 2.05) is 6.92 Å². The molecule has 2 aliphatic rings. The first-order chi connectivity index (χ1) is 12.7. The number of aromatic nitrogens is 1. The highest BCUT2D eigenvalue weighted by molar-refractivity contribution is 5.93. The van der Waals surface area contributed by atoms with Gasteiger partial charge >= 0.3 is 0 Å². The molecule has 0 spiro atoms. The molecule has 9 nitrogen and oxygen atoms in total. The number of nitrogens with one attached hydrogen (secondary N) is 1. The number of carbonyl (C=O) groups excluding carboxylic acids is 3. The Labute approximate surface area is 157 Å². The van der Waals surface area contributed by atoms with Crippen LogP contribution in [0.1, 0.15) is 41.9 Å². The zero-order valence-electron chi connectivity index (χ0n) is 15.9. The third-order valence-electron chi connectivity index (χ3n) is 5.03. The van der Waals surface area contributed by atoms with E-state index in [0.29, 0.717) is 31.2 Å². The smallest absolute Gasteiger partial charge is 0.276 e. The highest BCUT2D eigenvalue weighted by atomic mass is 16.4. The number of oxazole rings is 1. The quantitative estimate of drug-likeness (QED) is 0.739. The van der Waals surface area contributed by atoms with E-state index in [0.717, 1.165) is 0 Å². The van der Waals surface area contributed by atoms with E-state index in [2.05, 4.69) is 10.3 Å². The lowest BCUT2D eigenvalue weighted by atomic mass is 9.91. The van der Waals surface area contributed by atoms with Crippen LogP contribution in [-0.2, 0) is 9.59 Å². The zero-order chi connectivity index (χ0) is 19.7. The summed E-state index contributed by atoms with van der Waals surface area (Å²) in [5, 5.41) is 13.1. The van der Waals surface area contributed by atoms with Gasteiger partial charge in [0.25, 0.3) is 5.91 Å². The average Bonchev–Trinajstić information content (AvgIpc) is 2.80. The molecule has 1 aromatic rings. The molecule has 3 atom stereocenters. The van der Waals surface area contributed by atoms with Crippen LogP contribution in [0.25, 0.3) is 0 Å². The standard InChI is InChI=1S/C18H26N4O5/c1-10-6-13(7-15(24)19-10)17(25)21-4-5-22(9-14(23)8-21)18(26)16-11(2)27-12(3)20-16/h10,13-14,23H,4-9H2,1-3H3,(H,19,24)/t10-,13+,14?/m1/s1. The van der Waals surface area contributed by atoms with Gasteiger partial charge in [-0.2, -0.15) is 0 Å². The molecule has 2 fully saturated rings. The Morgan fingerprint density at radius 3 is 2.52 bits per heavy atom. The number of hydrogen-bond acceptors (Lipinski definition) is 6. The maximum atomic E-state index is 12.9. The third-order valence-corrected chi connectivity index (χ3v) is 5.03. The number of hydrogen-bond donors (Lipinski definition) is 2. The number of aliphatic hydroxyl groups is 1. The van der Waals surface area contributed by atoms with Crippen LogP contribution >= 0.6 is 0 Å². The Kier molecular flexibility index (Phi) is 5.50. The van der Waals surface area contributed by atoms with E-state index in [9.17, 15) is 19.5 Å². The topological polar surface area (TPSA) is 116 Å². The fourth-order valence-corrected chi connectivity index (χ4v) is 3.83. The van der Waals surface area contributed by atoms with E-state index in [1.54, 1.807) is 18.7 Å². The summed E-state index contributed by atoms with van der Waals surface area (Å²) in [5.74, 6) is -0.124. The fourth-order valence-electron chi connectivity index (χ4n) is 3.83. The summed E-state index contributed by atoms with van der Waals surface area (Å²) in [6.07, 6.45) is -0.115. The lowest BCUT2D eigenvalue weighted by Crippen LogP contribution is -2.48. The van der Waals surface area contributed by atoms with Gasteiger partial charge in [0.15, 0.2) is 11.6 Å². The van der Waals surface area contributed by atoms with Gasteiger partial charge in [-0.1, -0.05) is 0 Å². The first-order valence-corrected chi connectivity index (χ1v) is 9.24. The van der Waals surface area contributed by atoms with E-state index in [4.69, 9.17) is 4.42 Å². The van der Waals surface area contributed by atoms with Crippen molar-refractivity contribution >= 4 is 17.7 Å². The van der Waals surface area contributed by atoms with Crippen molar-refractivity contribution in [2.75, 3.05) is 26.2 Å². The Morgan fingerprint density at radius 2 is 1.89 bits per heavy atom. The molecule has 2 saturated heterocycles. The number of β-amino-alcohol motifs (C(OH)–C–C–N with tert-alkyl or cyclic N) is 1. The van der Waals surface area contributed by atoms with Gasteiger partial charge < -0.3 is 24.6 Å². The predicted octanol–water partition coefficient (Wildman–Crippen LogP) is -0.149. The predicted molar refractivity (Wildman–Crippen MR) is 94.8 cm³/mol. The molecule has 3 heterocycles. The monoisotopic (exact) mass is 378 g/mol. The number of rotatable bonds is 2. The Hall–Kier alpha value is -2.42. The second kappa shape index (κ2) is 7.67. The van der Waals surface area contributed by atoms with Crippen LogP contribution < -0.4 is 5.32 Å². The lowest BCUT2D eigenvalue weighted by Gasteiger charge is -2.31. The SMILES string of the molecule is Cc1nc(C(=O)N2CCN(C(=O)[C@@H]3CC(=O)N[C@H](C)C3)CC(O)C2)c(C)o1. The maximum absolute atomic E-state index is 12.9. The first-order valence-electron chi connectivity index (χ1n) is 9.24. The molecule has 2 N–H and O–H groups in total. The summed E-state index contributed by atoms with van der Waals surface area (Å²) >= 11 is 0. The zero-order valence-corrected chi connectivity index (χ0v) is 15.9. The van der Waals surface area contributed by atoms with Crippen LogP contribution in [0.5, 0.6) is 0 Å². The maximum Gasteiger partial charge on any atom is 0.276 e. The van der Waals surface area contributed by atoms with Gasteiger partial charge in [0.05, 0.1) is 6.10 Å². The number of amides is 3. The highest BCUT2D eigenvalue weighted by Gasteiger charge is 2.35. The summed E-state index contributed by atoms with van der Waals surface area (Å²) in [7, 11) is 0. The molecule has 3 rings (SSSR count). The Balaban J connectivity index is 1.68. The molecule has 0 aliphatic carbocycles. The van der Waals surface area contributed by atoms with Crippen molar-refractivity contribution in [1.82, 2.24) is 20.1 Å². The fraction of sp³-hybridized carbons (Fsp3) is 0.667. The van der Waals surface area contributed by atoms with Crippen molar-refractivity contribution in [3.63, 3.8) is 0 Å². The van der Waals surface area contributed by atoms with Crippen molar-refractivity contribution in [3.8, 4) is 0 Å². The van der Waals surface area contributed by atoms with E-state index in [1.165, 1.54) is 4.90 Å². The van der Waals surface area contributed by atoms with Gasteiger partial charge in [-0.15, -0.1) is 0 Å². The molecule has 148 valence electrons. The van der Waals surface area contributed by atoms with Crippen molar-refractivity contribution in [3.05, 3.63) is 17.3 Å². The number of aryl methyl sites for hydroxylation is 2. The molecule has 2 aliphatic heterocycles. The number of nitrogens with zero attached hydrogens (tertiary/aromatic N) is 3.